The topological polar surface area (TPSA) is 76.1 Å². The lowest BCUT2D eigenvalue weighted by Crippen LogP contribution is -2.34. The summed E-state index contributed by atoms with van der Waals surface area (Å²) in [6.07, 6.45) is 0.456. The molecule has 22 heavy (non-hydrogen) atoms. The molecule has 0 saturated carbocycles. The lowest BCUT2D eigenvalue weighted by Gasteiger charge is -2.24. The van der Waals surface area contributed by atoms with Crippen LogP contribution in [0.25, 0.3) is 0 Å². The SMILES string of the molecule is CC(C)(C)OC(=O)CCN(CCO)CCC(=O)OC(C)(C)C. The number of nitrogens with zero attached hydrogens (tertiary/aromatic N) is 1. The minimum Gasteiger partial charge on any atom is -0.460 e. The first-order valence-corrected chi connectivity index (χ1v) is 7.70. The third-order valence-electron chi connectivity index (χ3n) is 2.52. The van der Waals surface area contributed by atoms with Crippen LogP contribution in [0, 0.1) is 0 Å². The second kappa shape index (κ2) is 9.10. The molecule has 0 aromatic rings. The van der Waals surface area contributed by atoms with Gasteiger partial charge in [-0.3, -0.25) is 14.5 Å². The van der Waals surface area contributed by atoms with Gasteiger partial charge in [-0.25, -0.2) is 0 Å². The molecule has 0 fully saturated rings. The summed E-state index contributed by atoms with van der Waals surface area (Å²) in [6.45, 7) is 12.2. The Labute approximate surface area is 133 Å². The molecule has 0 aliphatic heterocycles. The second-order valence-corrected chi connectivity index (χ2v) is 7.24. The summed E-state index contributed by atoms with van der Waals surface area (Å²) in [7, 11) is 0. The smallest absolute Gasteiger partial charge is 0.307 e. The predicted octanol–water partition coefficient (Wildman–Crippen LogP) is 1.74. The van der Waals surface area contributed by atoms with E-state index >= 15 is 0 Å². The van der Waals surface area contributed by atoms with Crippen LogP contribution in [0.15, 0.2) is 0 Å². The molecule has 0 aliphatic carbocycles. The Bertz CT molecular complexity index is 323. The van der Waals surface area contributed by atoms with Crippen LogP contribution in [0.4, 0.5) is 0 Å². The summed E-state index contributed by atoms with van der Waals surface area (Å²) in [5.74, 6) is -0.569. The standard InChI is InChI=1S/C16H31NO5/c1-15(2,3)21-13(19)7-9-17(11-12-18)10-8-14(20)22-16(4,5)6/h18H,7-12H2,1-6H3. The molecule has 0 heterocycles. The van der Waals surface area contributed by atoms with E-state index in [0.29, 0.717) is 19.6 Å². The third kappa shape index (κ3) is 12.6. The quantitative estimate of drug-likeness (QED) is 0.687. The van der Waals surface area contributed by atoms with Crippen LogP contribution in [-0.4, -0.2) is 59.4 Å². The Morgan fingerprint density at radius 2 is 1.18 bits per heavy atom. The largest absolute Gasteiger partial charge is 0.460 e. The molecule has 1 N–H and O–H groups in total. The van der Waals surface area contributed by atoms with E-state index in [1.54, 1.807) is 0 Å². The van der Waals surface area contributed by atoms with E-state index in [0.717, 1.165) is 0 Å². The molecule has 0 atom stereocenters. The molecular formula is C16H31NO5. The van der Waals surface area contributed by atoms with Crippen molar-refractivity contribution in [2.24, 2.45) is 0 Å². The summed E-state index contributed by atoms with van der Waals surface area (Å²) in [6, 6.07) is 0. The number of hydrogen-bond donors (Lipinski definition) is 1. The fraction of sp³-hybridized carbons (Fsp3) is 0.875. The van der Waals surface area contributed by atoms with Gasteiger partial charge in [0.2, 0.25) is 0 Å². The highest BCUT2D eigenvalue weighted by Crippen LogP contribution is 2.10. The minimum absolute atomic E-state index is 0.0252. The van der Waals surface area contributed by atoms with Crippen LogP contribution in [0.3, 0.4) is 0 Å². The average molecular weight is 317 g/mol. The van der Waals surface area contributed by atoms with Gasteiger partial charge in [0.15, 0.2) is 0 Å². The van der Waals surface area contributed by atoms with Crippen LogP contribution in [0.1, 0.15) is 54.4 Å². The molecule has 0 spiro atoms. The van der Waals surface area contributed by atoms with Gasteiger partial charge in [-0.05, 0) is 41.5 Å². The van der Waals surface area contributed by atoms with Gasteiger partial charge in [-0.2, -0.15) is 0 Å². The molecule has 0 unspecified atom stereocenters. The maximum atomic E-state index is 11.7. The fourth-order valence-corrected chi connectivity index (χ4v) is 1.76. The maximum Gasteiger partial charge on any atom is 0.307 e. The molecule has 6 heteroatoms. The van der Waals surface area contributed by atoms with Crippen molar-refractivity contribution in [3.8, 4) is 0 Å². The summed E-state index contributed by atoms with van der Waals surface area (Å²) < 4.78 is 10.5. The summed E-state index contributed by atoms with van der Waals surface area (Å²) in [4.78, 5) is 25.2. The van der Waals surface area contributed by atoms with Crippen molar-refractivity contribution in [1.29, 1.82) is 0 Å². The third-order valence-corrected chi connectivity index (χ3v) is 2.52. The van der Waals surface area contributed by atoms with Gasteiger partial charge >= 0.3 is 11.9 Å². The van der Waals surface area contributed by atoms with E-state index in [9.17, 15) is 9.59 Å². The van der Waals surface area contributed by atoms with Crippen LogP contribution >= 0.6 is 0 Å². The maximum absolute atomic E-state index is 11.7. The molecule has 0 rings (SSSR count). The van der Waals surface area contributed by atoms with Crippen molar-refractivity contribution in [3.63, 3.8) is 0 Å². The Balaban J connectivity index is 4.21. The van der Waals surface area contributed by atoms with E-state index in [4.69, 9.17) is 14.6 Å². The number of aliphatic hydroxyl groups excluding tert-OH is 1. The molecule has 6 nitrogen and oxygen atoms in total. The lowest BCUT2D eigenvalue weighted by molar-refractivity contribution is -0.155. The molecule has 0 radical (unpaired) electrons. The fourth-order valence-electron chi connectivity index (χ4n) is 1.76. The van der Waals surface area contributed by atoms with Crippen LogP contribution in [0.5, 0.6) is 0 Å². The summed E-state index contributed by atoms with van der Waals surface area (Å²) in [5, 5.41) is 9.07. The highest BCUT2D eigenvalue weighted by Gasteiger charge is 2.19. The molecule has 0 bridgehead atoms. The van der Waals surface area contributed by atoms with Crippen molar-refractivity contribution in [2.75, 3.05) is 26.2 Å². The lowest BCUT2D eigenvalue weighted by atomic mass is 10.2. The normalized spacial score (nSPS) is 12.4. The zero-order valence-corrected chi connectivity index (χ0v) is 14.8. The van der Waals surface area contributed by atoms with E-state index in [1.165, 1.54) is 0 Å². The van der Waals surface area contributed by atoms with E-state index in [2.05, 4.69) is 0 Å². The van der Waals surface area contributed by atoms with Crippen LogP contribution in [0.2, 0.25) is 0 Å². The number of carbonyl (C=O) groups is 2. The van der Waals surface area contributed by atoms with Gasteiger partial charge in [-0.15, -0.1) is 0 Å². The average Bonchev–Trinajstić information content (AvgIpc) is 2.28. The zero-order valence-electron chi connectivity index (χ0n) is 14.8. The van der Waals surface area contributed by atoms with Crippen LogP contribution < -0.4 is 0 Å². The van der Waals surface area contributed by atoms with E-state index < -0.39 is 11.2 Å². The molecule has 130 valence electrons. The minimum atomic E-state index is -0.505. The van der Waals surface area contributed by atoms with Crippen molar-refractivity contribution < 1.29 is 24.2 Å². The molecule has 0 aliphatic rings. The van der Waals surface area contributed by atoms with Crippen LogP contribution in [-0.2, 0) is 19.1 Å². The van der Waals surface area contributed by atoms with Gasteiger partial charge in [0.1, 0.15) is 11.2 Å². The van der Waals surface area contributed by atoms with Crippen molar-refractivity contribution >= 4 is 11.9 Å². The highest BCUT2D eigenvalue weighted by atomic mass is 16.6. The number of carbonyl (C=O) groups excluding carboxylic acids is 2. The number of rotatable bonds is 8. The monoisotopic (exact) mass is 317 g/mol. The first-order chi connectivity index (χ1) is 9.93. The zero-order chi connectivity index (χ0) is 17.4. The number of esters is 2. The molecule has 0 amide bonds. The van der Waals surface area contributed by atoms with Crippen molar-refractivity contribution in [1.82, 2.24) is 4.90 Å². The number of aliphatic hydroxyl groups is 1. The number of hydrogen-bond acceptors (Lipinski definition) is 6. The second-order valence-electron chi connectivity index (χ2n) is 7.24. The first-order valence-electron chi connectivity index (χ1n) is 7.70. The van der Waals surface area contributed by atoms with Gasteiger partial charge in [0.05, 0.1) is 19.4 Å². The van der Waals surface area contributed by atoms with Crippen molar-refractivity contribution in [3.05, 3.63) is 0 Å². The Hall–Kier alpha value is -1.14. The van der Waals surface area contributed by atoms with Crippen molar-refractivity contribution in [2.45, 2.75) is 65.6 Å². The molecule has 0 aromatic carbocycles. The highest BCUT2D eigenvalue weighted by molar-refractivity contribution is 5.70. The number of ether oxygens (including phenoxy) is 2. The Morgan fingerprint density at radius 1 is 0.818 bits per heavy atom. The molecular weight excluding hydrogens is 286 g/mol. The summed E-state index contributed by atoms with van der Waals surface area (Å²) in [5.41, 5.74) is -1.01. The van der Waals surface area contributed by atoms with Gasteiger partial charge < -0.3 is 14.6 Å². The van der Waals surface area contributed by atoms with E-state index in [-0.39, 0.29) is 31.4 Å². The van der Waals surface area contributed by atoms with E-state index in [1.807, 2.05) is 46.4 Å². The molecule has 0 aromatic heterocycles. The predicted molar refractivity (Wildman–Crippen MR) is 84.4 cm³/mol. The Kier molecular flexibility index (Phi) is 8.63. The van der Waals surface area contributed by atoms with Gasteiger partial charge in [0, 0.05) is 19.6 Å². The summed E-state index contributed by atoms with van der Waals surface area (Å²) >= 11 is 0. The van der Waals surface area contributed by atoms with Gasteiger partial charge in [0.25, 0.3) is 0 Å². The Morgan fingerprint density at radius 3 is 1.45 bits per heavy atom. The van der Waals surface area contributed by atoms with Gasteiger partial charge in [-0.1, -0.05) is 0 Å². The molecule has 0 saturated heterocycles. The first kappa shape index (κ1) is 20.9.